The molecule has 0 atom stereocenters. The van der Waals surface area contributed by atoms with Crippen molar-refractivity contribution < 1.29 is 4.42 Å². The summed E-state index contributed by atoms with van der Waals surface area (Å²) in [5.74, 6) is 0.559. The maximum atomic E-state index is 6.89. The van der Waals surface area contributed by atoms with Crippen LogP contribution in [0.2, 0.25) is 0 Å². The predicted octanol–water partition coefficient (Wildman–Crippen LogP) is 11.2. The van der Waals surface area contributed by atoms with Crippen LogP contribution in [-0.2, 0) is 5.41 Å². The van der Waals surface area contributed by atoms with Crippen molar-refractivity contribution in [1.82, 2.24) is 19.9 Å². The number of para-hydroxylation sites is 1. The number of hydrogen-bond acceptors (Lipinski definition) is 5. The number of hydrogen-bond donors (Lipinski definition) is 0. The molecule has 0 spiro atoms. The van der Waals surface area contributed by atoms with E-state index in [9.17, 15) is 0 Å². The molecule has 242 valence electrons. The lowest BCUT2D eigenvalue weighted by Crippen LogP contribution is -2.28. The topological polar surface area (TPSA) is 64.7 Å². The highest BCUT2D eigenvalue weighted by molar-refractivity contribution is 6.18. The Balaban J connectivity index is 1.18. The lowest BCUT2D eigenvalue weighted by Gasteiger charge is -2.34. The Kier molecular flexibility index (Phi) is 6.10. The molecule has 0 saturated heterocycles. The lowest BCUT2D eigenvalue weighted by atomic mass is 9.67. The Morgan fingerprint density at radius 3 is 1.98 bits per heavy atom. The van der Waals surface area contributed by atoms with Gasteiger partial charge < -0.3 is 4.42 Å². The van der Waals surface area contributed by atoms with Crippen molar-refractivity contribution >= 4 is 43.7 Å². The zero-order chi connectivity index (χ0) is 34.2. The van der Waals surface area contributed by atoms with Gasteiger partial charge in [-0.3, -0.25) is 4.98 Å². The van der Waals surface area contributed by atoms with Crippen LogP contribution < -0.4 is 0 Å². The first-order valence-corrected chi connectivity index (χ1v) is 17.5. The summed E-state index contributed by atoms with van der Waals surface area (Å²) in [5, 5.41) is 4.19. The molecule has 5 heteroatoms. The van der Waals surface area contributed by atoms with Gasteiger partial charge in [-0.1, -0.05) is 127 Å². The van der Waals surface area contributed by atoms with E-state index in [1.165, 1.54) is 27.8 Å². The Bertz CT molecular complexity index is 2970. The SMILES string of the molecule is c1ccc(C2(c3ccccc3)c3ccccc3-c3c2cc(-c2cnc(-c4ccc5ccc6cccnc6c5n4)nc2)c2c3oc3ccccc32)cc1. The maximum absolute atomic E-state index is 6.89. The molecule has 0 bridgehead atoms. The van der Waals surface area contributed by atoms with Crippen LogP contribution in [0.3, 0.4) is 0 Å². The molecule has 0 fully saturated rings. The summed E-state index contributed by atoms with van der Waals surface area (Å²) < 4.78 is 6.89. The average molecular weight is 665 g/mol. The highest BCUT2D eigenvalue weighted by atomic mass is 16.3. The van der Waals surface area contributed by atoms with E-state index in [1.807, 2.05) is 30.6 Å². The van der Waals surface area contributed by atoms with Gasteiger partial charge in [0.05, 0.1) is 16.4 Å². The normalized spacial score (nSPS) is 13.2. The van der Waals surface area contributed by atoms with Crippen molar-refractivity contribution in [2.45, 2.75) is 5.41 Å². The molecule has 1 aliphatic rings. The van der Waals surface area contributed by atoms with E-state index in [0.717, 1.165) is 60.4 Å². The smallest absolute Gasteiger partial charge is 0.178 e. The molecular formula is C47H28N4O. The summed E-state index contributed by atoms with van der Waals surface area (Å²) >= 11 is 0. The van der Waals surface area contributed by atoms with Crippen molar-refractivity contribution in [2.24, 2.45) is 0 Å². The Morgan fingerprint density at radius 1 is 0.519 bits per heavy atom. The molecule has 0 radical (unpaired) electrons. The number of pyridine rings is 2. The van der Waals surface area contributed by atoms with E-state index < -0.39 is 5.41 Å². The minimum absolute atomic E-state index is 0.559. The molecule has 10 aromatic rings. The summed E-state index contributed by atoms with van der Waals surface area (Å²) in [5.41, 5.74) is 12.6. The quantitative estimate of drug-likeness (QED) is 0.175. The number of fused-ring (bicyclic) bond motifs is 10. The fourth-order valence-corrected chi connectivity index (χ4v) is 8.48. The fraction of sp³-hybridized carbons (Fsp3) is 0.0213. The maximum Gasteiger partial charge on any atom is 0.178 e. The molecule has 11 rings (SSSR count). The Hall–Kier alpha value is -6.98. The Morgan fingerprint density at radius 2 is 1.19 bits per heavy atom. The van der Waals surface area contributed by atoms with Gasteiger partial charge in [0.15, 0.2) is 5.82 Å². The Labute approximate surface area is 298 Å². The van der Waals surface area contributed by atoms with E-state index in [1.54, 1.807) is 6.20 Å². The van der Waals surface area contributed by atoms with Gasteiger partial charge in [0.2, 0.25) is 0 Å². The molecule has 0 saturated carbocycles. The number of aromatic nitrogens is 4. The van der Waals surface area contributed by atoms with Crippen LogP contribution in [-0.4, -0.2) is 19.9 Å². The third kappa shape index (κ3) is 3.99. The monoisotopic (exact) mass is 664 g/mol. The highest BCUT2D eigenvalue weighted by Crippen LogP contribution is 2.59. The first-order chi connectivity index (χ1) is 25.8. The molecule has 4 aromatic heterocycles. The minimum atomic E-state index is -0.580. The van der Waals surface area contributed by atoms with Crippen LogP contribution in [0.15, 0.2) is 175 Å². The second kappa shape index (κ2) is 11.0. The van der Waals surface area contributed by atoms with Gasteiger partial charge in [0.1, 0.15) is 16.9 Å². The second-order valence-electron chi connectivity index (χ2n) is 13.4. The predicted molar refractivity (Wildman–Crippen MR) is 208 cm³/mol. The first kappa shape index (κ1) is 28.8. The highest BCUT2D eigenvalue weighted by Gasteiger charge is 2.47. The van der Waals surface area contributed by atoms with E-state index in [2.05, 4.69) is 138 Å². The average Bonchev–Trinajstić information content (AvgIpc) is 3.75. The van der Waals surface area contributed by atoms with Gasteiger partial charge in [0, 0.05) is 51.3 Å². The molecule has 1 aliphatic carbocycles. The van der Waals surface area contributed by atoms with Crippen LogP contribution in [0.4, 0.5) is 0 Å². The number of rotatable bonds is 4. The summed E-state index contributed by atoms with van der Waals surface area (Å²) in [4.78, 5) is 19.5. The molecule has 0 N–H and O–H groups in total. The molecule has 5 nitrogen and oxygen atoms in total. The summed E-state index contributed by atoms with van der Waals surface area (Å²) in [6.45, 7) is 0. The van der Waals surface area contributed by atoms with Crippen molar-refractivity contribution in [2.75, 3.05) is 0 Å². The molecule has 0 amide bonds. The van der Waals surface area contributed by atoms with Gasteiger partial charge in [-0.05, 0) is 57.6 Å². The van der Waals surface area contributed by atoms with Gasteiger partial charge in [-0.2, -0.15) is 0 Å². The van der Waals surface area contributed by atoms with E-state index in [0.29, 0.717) is 11.5 Å². The van der Waals surface area contributed by atoms with Gasteiger partial charge in [0.25, 0.3) is 0 Å². The van der Waals surface area contributed by atoms with Crippen LogP contribution in [0.5, 0.6) is 0 Å². The standard InChI is InChI=1S/C47H28N4O/c1-3-13-32(14-4-1)47(33-15-5-2-6-16-33)37-19-9-7-17-34(37)42-38(47)26-36(41-35-18-8-10-20-40(35)52-45(41)42)31-27-49-46(50-28-31)39-24-23-30-22-21-29-12-11-25-48-43(29)44(30)51-39/h1-28H. The van der Waals surface area contributed by atoms with Crippen LogP contribution in [0, 0.1) is 0 Å². The zero-order valence-electron chi connectivity index (χ0n) is 27.9. The molecule has 52 heavy (non-hydrogen) atoms. The molecular weight excluding hydrogens is 637 g/mol. The molecule has 0 aliphatic heterocycles. The number of nitrogens with zero attached hydrogens (tertiary/aromatic N) is 4. The van der Waals surface area contributed by atoms with Gasteiger partial charge in [-0.15, -0.1) is 0 Å². The van der Waals surface area contributed by atoms with Crippen molar-refractivity contribution in [3.05, 3.63) is 193 Å². The number of furan rings is 1. The van der Waals surface area contributed by atoms with Gasteiger partial charge >= 0.3 is 0 Å². The van der Waals surface area contributed by atoms with Crippen molar-refractivity contribution in [3.8, 4) is 33.8 Å². The third-order valence-corrected chi connectivity index (χ3v) is 10.7. The molecule has 4 heterocycles. The van der Waals surface area contributed by atoms with Crippen LogP contribution in [0.25, 0.3) is 77.5 Å². The summed E-state index contributed by atoms with van der Waals surface area (Å²) in [7, 11) is 0. The second-order valence-corrected chi connectivity index (χ2v) is 13.4. The first-order valence-electron chi connectivity index (χ1n) is 17.5. The third-order valence-electron chi connectivity index (χ3n) is 10.7. The largest absolute Gasteiger partial charge is 0.455 e. The zero-order valence-corrected chi connectivity index (χ0v) is 27.9. The molecule has 0 unspecified atom stereocenters. The fourth-order valence-electron chi connectivity index (χ4n) is 8.48. The van der Waals surface area contributed by atoms with E-state index in [4.69, 9.17) is 19.4 Å². The molecule has 6 aromatic carbocycles. The lowest BCUT2D eigenvalue weighted by molar-refractivity contribution is 0.669. The van der Waals surface area contributed by atoms with Crippen molar-refractivity contribution in [3.63, 3.8) is 0 Å². The van der Waals surface area contributed by atoms with E-state index >= 15 is 0 Å². The minimum Gasteiger partial charge on any atom is -0.455 e. The summed E-state index contributed by atoms with van der Waals surface area (Å²) in [6, 6.07) is 53.3. The van der Waals surface area contributed by atoms with Gasteiger partial charge in [-0.25, -0.2) is 15.0 Å². The number of benzene rings is 6. The van der Waals surface area contributed by atoms with Crippen LogP contribution in [0.1, 0.15) is 22.3 Å². The van der Waals surface area contributed by atoms with Crippen molar-refractivity contribution in [1.29, 1.82) is 0 Å². The van der Waals surface area contributed by atoms with Crippen LogP contribution >= 0.6 is 0 Å². The van der Waals surface area contributed by atoms with E-state index in [-0.39, 0.29) is 0 Å². The summed E-state index contributed by atoms with van der Waals surface area (Å²) in [6.07, 6.45) is 5.65.